The monoisotopic (exact) mass is 187 g/mol. The molecule has 4 heteroatoms. The molecule has 1 saturated carbocycles. The Morgan fingerprint density at radius 1 is 1.69 bits per heavy atom. The molecular formula is C9H17NO3. The topological polar surface area (TPSA) is 58.6 Å². The summed E-state index contributed by atoms with van der Waals surface area (Å²) in [6, 6.07) is 0. The van der Waals surface area contributed by atoms with Gasteiger partial charge in [-0.3, -0.25) is 4.79 Å². The zero-order chi connectivity index (χ0) is 9.68. The fourth-order valence-electron chi connectivity index (χ4n) is 1.16. The lowest BCUT2D eigenvalue weighted by molar-refractivity contribution is -0.130. The summed E-state index contributed by atoms with van der Waals surface area (Å²) in [5.41, 5.74) is 0. The second kappa shape index (κ2) is 5.19. The van der Waals surface area contributed by atoms with E-state index in [1.807, 2.05) is 0 Å². The van der Waals surface area contributed by atoms with Gasteiger partial charge in [0, 0.05) is 20.3 Å². The quantitative estimate of drug-likeness (QED) is 0.571. The number of rotatable bonds is 6. The number of methoxy groups -OCH3 is 1. The maximum Gasteiger partial charge on any atom is 0.249 e. The molecule has 0 aliphatic heterocycles. The third-order valence-electron chi connectivity index (χ3n) is 2.16. The van der Waals surface area contributed by atoms with Crippen LogP contribution in [-0.4, -0.2) is 37.4 Å². The molecule has 0 aromatic heterocycles. The second-order valence-corrected chi connectivity index (χ2v) is 3.42. The lowest BCUT2D eigenvalue weighted by atomic mass is 10.2. The number of hydrogen-bond acceptors (Lipinski definition) is 3. The molecule has 0 radical (unpaired) electrons. The zero-order valence-electron chi connectivity index (χ0n) is 7.95. The van der Waals surface area contributed by atoms with Gasteiger partial charge in [0.25, 0.3) is 0 Å². The predicted octanol–water partition coefficient (Wildman–Crippen LogP) is -0.0900. The highest BCUT2D eigenvalue weighted by molar-refractivity contribution is 5.81. The highest BCUT2D eigenvalue weighted by Crippen LogP contribution is 2.32. The van der Waals surface area contributed by atoms with E-state index in [2.05, 4.69) is 5.32 Å². The summed E-state index contributed by atoms with van der Waals surface area (Å²) in [5, 5.41) is 12.0. The average molecular weight is 187 g/mol. The molecule has 1 aliphatic carbocycles. The molecule has 1 atom stereocenters. The van der Waals surface area contributed by atoms with E-state index in [0.29, 0.717) is 13.2 Å². The van der Waals surface area contributed by atoms with Crippen molar-refractivity contribution in [3.63, 3.8) is 0 Å². The van der Waals surface area contributed by atoms with Gasteiger partial charge in [0.1, 0.15) is 6.10 Å². The Bertz CT molecular complexity index is 168. The Labute approximate surface area is 78.3 Å². The molecular weight excluding hydrogens is 170 g/mol. The van der Waals surface area contributed by atoms with Crippen LogP contribution < -0.4 is 5.32 Å². The highest BCUT2D eigenvalue weighted by atomic mass is 16.5. The molecule has 0 spiro atoms. The van der Waals surface area contributed by atoms with Crippen LogP contribution in [0.4, 0.5) is 0 Å². The summed E-state index contributed by atoms with van der Waals surface area (Å²) in [4.78, 5) is 11.2. The molecule has 1 amide bonds. The van der Waals surface area contributed by atoms with Crippen LogP contribution in [-0.2, 0) is 9.53 Å². The standard InChI is InChI=1S/C9H17NO3/c1-13-6-2-5-10-9(12)8(11)7-3-4-7/h7-8,11H,2-6H2,1H3,(H,10,12). The van der Waals surface area contributed by atoms with E-state index in [9.17, 15) is 9.90 Å². The number of ether oxygens (including phenoxy) is 1. The molecule has 0 saturated heterocycles. The molecule has 4 nitrogen and oxygen atoms in total. The number of nitrogens with one attached hydrogen (secondary N) is 1. The number of carbonyl (C=O) groups excluding carboxylic acids is 1. The van der Waals surface area contributed by atoms with Gasteiger partial charge in [0.05, 0.1) is 0 Å². The molecule has 0 bridgehead atoms. The van der Waals surface area contributed by atoms with Gasteiger partial charge >= 0.3 is 0 Å². The number of amides is 1. The van der Waals surface area contributed by atoms with Crippen LogP contribution in [0.3, 0.4) is 0 Å². The molecule has 1 fully saturated rings. The van der Waals surface area contributed by atoms with E-state index in [-0.39, 0.29) is 11.8 Å². The van der Waals surface area contributed by atoms with E-state index in [4.69, 9.17) is 4.74 Å². The van der Waals surface area contributed by atoms with Crippen LogP contribution in [0.5, 0.6) is 0 Å². The molecule has 2 N–H and O–H groups in total. The molecule has 1 aliphatic rings. The van der Waals surface area contributed by atoms with Crippen LogP contribution in [0.15, 0.2) is 0 Å². The van der Waals surface area contributed by atoms with Crippen molar-refractivity contribution in [1.82, 2.24) is 5.32 Å². The third-order valence-corrected chi connectivity index (χ3v) is 2.16. The van der Waals surface area contributed by atoms with Gasteiger partial charge in [0.2, 0.25) is 5.91 Å². The van der Waals surface area contributed by atoms with Crippen molar-refractivity contribution >= 4 is 5.91 Å². The van der Waals surface area contributed by atoms with Crippen LogP contribution in [0, 0.1) is 5.92 Å². The minimum atomic E-state index is -0.789. The molecule has 0 aromatic carbocycles. The van der Waals surface area contributed by atoms with E-state index < -0.39 is 6.10 Å². The third kappa shape index (κ3) is 3.74. The minimum absolute atomic E-state index is 0.211. The largest absolute Gasteiger partial charge is 0.385 e. The smallest absolute Gasteiger partial charge is 0.249 e. The SMILES string of the molecule is COCCCNC(=O)C(O)C1CC1. The Balaban J connectivity index is 2.02. The molecule has 1 unspecified atom stereocenters. The van der Waals surface area contributed by atoms with Gasteiger partial charge in [-0.25, -0.2) is 0 Å². The van der Waals surface area contributed by atoms with Gasteiger partial charge < -0.3 is 15.2 Å². The van der Waals surface area contributed by atoms with Crippen molar-refractivity contribution in [1.29, 1.82) is 0 Å². The lowest BCUT2D eigenvalue weighted by Crippen LogP contribution is -2.36. The minimum Gasteiger partial charge on any atom is -0.385 e. The van der Waals surface area contributed by atoms with Crippen molar-refractivity contribution in [3.05, 3.63) is 0 Å². The van der Waals surface area contributed by atoms with Gasteiger partial charge in [-0.1, -0.05) is 0 Å². The van der Waals surface area contributed by atoms with Gasteiger partial charge in [-0.2, -0.15) is 0 Å². The van der Waals surface area contributed by atoms with Crippen LogP contribution in [0.2, 0.25) is 0 Å². The second-order valence-electron chi connectivity index (χ2n) is 3.42. The Hall–Kier alpha value is -0.610. The fraction of sp³-hybridized carbons (Fsp3) is 0.889. The number of aliphatic hydroxyl groups excluding tert-OH is 1. The van der Waals surface area contributed by atoms with E-state index >= 15 is 0 Å². The summed E-state index contributed by atoms with van der Waals surface area (Å²) < 4.78 is 4.83. The molecule has 0 aromatic rings. The molecule has 0 heterocycles. The average Bonchev–Trinajstić information content (AvgIpc) is 2.94. The summed E-state index contributed by atoms with van der Waals surface area (Å²) in [6.07, 6.45) is 1.96. The Kier molecular flexibility index (Phi) is 4.18. The number of carbonyl (C=O) groups is 1. The fourth-order valence-corrected chi connectivity index (χ4v) is 1.16. The van der Waals surface area contributed by atoms with Crippen LogP contribution >= 0.6 is 0 Å². The van der Waals surface area contributed by atoms with E-state index in [1.54, 1.807) is 7.11 Å². The van der Waals surface area contributed by atoms with Crippen LogP contribution in [0.25, 0.3) is 0 Å². The van der Waals surface area contributed by atoms with E-state index in [0.717, 1.165) is 19.3 Å². The van der Waals surface area contributed by atoms with Crippen molar-refractivity contribution in [3.8, 4) is 0 Å². The maximum absolute atomic E-state index is 11.2. The first kappa shape index (κ1) is 10.5. The summed E-state index contributed by atoms with van der Waals surface area (Å²) in [7, 11) is 1.63. The Morgan fingerprint density at radius 3 is 2.92 bits per heavy atom. The van der Waals surface area contributed by atoms with Crippen molar-refractivity contribution < 1.29 is 14.6 Å². The van der Waals surface area contributed by atoms with E-state index in [1.165, 1.54) is 0 Å². The first-order valence-electron chi connectivity index (χ1n) is 4.70. The molecule has 13 heavy (non-hydrogen) atoms. The Morgan fingerprint density at radius 2 is 2.38 bits per heavy atom. The summed E-state index contributed by atoms with van der Waals surface area (Å²) >= 11 is 0. The maximum atomic E-state index is 11.2. The first-order chi connectivity index (χ1) is 6.25. The summed E-state index contributed by atoms with van der Waals surface area (Å²) in [5.74, 6) is -0.0268. The zero-order valence-corrected chi connectivity index (χ0v) is 7.95. The van der Waals surface area contributed by atoms with Crippen molar-refractivity contribution in [2.45, 2.75) is 25.4 Å². The highest BCUT2D eigenvalue weighted by Gasteiger charge is 2.34. The number of aliphatic hydroxyl groups is 1. The normalized spacial score (nSPS) is 18.3. The van der Waals surface area contributed by atoms with Crippen LogP contribution in [0.1, 0.15) is 19.3 Å². The van der Waals surface area contributed by atoms with Gasteiger partial charge in [-0.05, 0) is 25.2 Å². The van der Waals surface area contributed by atoms with Gasteiger partial charge in [0.15, 0.2) is 0 Å². The van der Waals surface area contributed by atoms with Crippen molar-refractivity contribution in [2.75, 3.05) is 20.3 Å². The van der Waals surface area contributed by atoms with Gasteiger partial charge in [-0.15, -0.1) is 0 Å². The molecule has 76 valence electrons. The lowest BCUT2D eigenvalue weighted by Gasteiger charge is -2.09. The predicted molar refractivity (Wildman–Crippen MR) is 48.2 cm³/mol. The number of hydrogen-bond donors (Lipinski definition) is 2. The van der Waals surface area contributed by atoms with Crippen molar-refractivity contribution in [2.24, 2.45) is 5.92 Å². The first-order valence-corrected chi connectivity index (χ1v) is 4.70. The summed E-state index contributed by atoms with van der Waals surface area (Å²) in [6.45, 7) is 1.22. The molecule has 1 rings (SSSR count).